The van der Waals surface area contributed by atoms with Crippen molar-refractivity contribution in [1.82, 2.24) is 5.32 Å². The molecule has 0 heterocycles. The Hall–Kier alpha value is -1.55. The quantitative estimate of drug-likeness (QED) is 0.849. The lowest BCUT2D eigenvalue weighted by atomic mass is 10.1. The third kappa shape index (κ3) is 4.75. The highest BCUT2D eigenvalue weighted by atomic mass is 79.9. The molecule has 1 rings (SSSR count). The first-order valence-corrected chi connectivity index (χ1v) is 6.26. The first-order valence-electron chi connectivity index (χ1n) is 5.46. The lowest BCUT2D eigenvalue weighted by Crippen LogP contribution is -2.21. The van der Waals surface area contributed by atoms with E-state index in [1.54, 1.807) is 13.2 Å². The highest BCUT2D eigenvalue weighted by Gasteiger charge is 2.01. The molecule has 0 aromatic heterocycles. The van der Waals surface area contributed by atoms with Crippen molar-refractivity contribution < 1.29 is 9.53 Å². The van der Waals surface area contributed by atoms with Crippen LogP contribution in [-0.2, 0) is 4.79 Å². The molecule has 3 nitrogen and oxygen atoms in total. The SMILES string of the molecule is C=C(Br)CNC(=O)/C=C/c1cc(C)ccc1OC. The molecule has 0 spiro atoms. The van der Waals surface area contributed by atoms with Crippen molar-refractivity contribution in [1.29, 1.82) is 0 Å². The fraction of sp³-hybridized carbons (Fsp3) is 0.214. The van der Waals surface area contributed by atoms with Gasteiger partial charge in [0, 0.05) is 22.7 Å². The Morgan fingerprint density at radius 2 is 2.28 bits per heavy atom. The van der Waals surface area contributed by atoms with Gasteiger partial charge in [0.15, 0.2) is 0 Å². The maximum Gasteiger partial charge on any atom is 0.244 e. The number of ether oxygens (including phenoxy) is 1. The Kier molecular flexibility index (Phi) is 5.65. The zero-order valence-electron chi connectivity index (χ0n) is 10.5. The van der Waals surface area contributed by atoms with Crippen molar-refractivity contribution in [3.63, 3.8) is 0 Å². The highest BCUT2D eigenvalue weighted by Crippen LogP contribution is 2.20. The van der Waals surface area contributed by atoms with Crippen LogP contribution in [0.3, 0.4) is 0 Å². The summed E-state index contributed by atoms with van der Waals surface area (Å²) in [6.45, 7) is 6.04. The Morgan fingerprint density at radius 3 is 2.89 bits per heavy atom. The molecule has 1 aromatic rings. The van der Waals surface area contributed by atoms with Gasteiger partial charge in [-0.2, -0.15) is 0 Å². The molecular weight excluding hydrogens is 294 g/mol. The number of amides is 1. The summed E-state index contributed by atoms with van der Waals surface area (Å²) in [4.78, 5) is 11.5. The molecule has 18 heavy (non-hydrogen) atoms. The van der Waals surface area contributed by atoms with Crippen LogP contribution in [0.15, 0.2) is 35.3 Å². The molecule has 96 valence electrons. The predicted molar refractivity (Wildman–Crippen MR) is 77.8 cm³/mol. The van der Waals surface area contributed by atoms with Gasteiger partial charge in [-0.05, 0) is 25.1 Å². The van der Waals surface area contributed by atoms with Crippen LogP contribution >= 0.6 is 15.9 Å². The molecule has 0 bridgehead atoms. The summed E-state index contributed by atoms with van der Waals surface area (Å²) >= 11 is 3.18. The standard InChI is InChI=1S/C14H16BrNO2/c1-10-4-6-13(18-3)12(8-10)5-7-14(17)16-9-11(2)15/h4-8H,2,9H2,1,3H3,(H,16,17)/b7-5+. The van der Waals surface area contributed by atoms with Crippen molar-refractivity contribution in [2.75, 3.05) is 13.7 Å². The summed E-state index contributed by atoms with van der Waals surface area (Å²) in [5, 5.41) is 2.69. The maximum absolute atomic E-state index is 11.5. The molecule has 0 fully saturated rings. The molecule has 0 radical (unpaired) electrons. The summed E-state index contributed by atoms with van der Waals surface area (Å²) < 4.78 is 5.96. The Balaban J connectivity index is 2.74. The van der Waals surface area contributed by atoms with Crippen LogP contribution in [-0.4, -0.2) is 19.6 Å². The number of carbonyl (C=O) groups is 1. The zero-order chi connectivity index (χ0) is 13.5. The molecule has 1 N–H and O–H groups in total. The van der Waals surface area contributed by atoms with Gasteiger partial charge in [-0.25, -0.2) is 0 Å². The lowest BCUT2D eigenvalue weighted by Gasteiger charge is -2.05. The van der Waals surface area contributed by atoms with Crippen molar-refractivity contribution in [3.05, 3.63) is 46.5 Å². The fourth-order valence-corrected chi connectivity index (χ4v) is 1.53. The first kappa shape index (κ1) is 14.5. The van der Waals surface area contributed by atoms with Crippen molar-refractivity contribution in [2.45, 2.75) is 6.92 Å². The minimum absolute atomic E-state index is 0.167. The number of hydrogen-bond acceptors (Lipinski definition) is 2. The second-order valence-electron chi connectivity index (χ2n) is 3.81. The van der Waals surface area contributed by atoms with E-state index in [0.717, 1.165) is 21.4 Å². The average Bonchev–Trinajstić information content (AvgIpc) is 2.34. The van der Waals surface area contributed by atoms with E-state index in [-0.39, 0.29) is 5.91 Å². The molecule has 1 amide bonds. The molecular formula is C14H16BrNO2. The van der Waals surface area contributed by atoms with Gasteiger partial charge in [-0.3, -0.25) is 4.79 Å². The molecule has 0 aliphatic carbocycles. The van der Waals surface area contributed by atoms with Crippen LogP contribution in [0, 0.1) is 6.92 Å². The van der Waals surface area contributed by atoms with Crippen molar-refractivity contribution in [3.8, 4) is 5.75 Å². The van der Waals surface area contributed by atoms with E-state index in [0.29, 0.717) is 6.54 Å². The van der Waals surface area contributed by atoms with Gasteiger partial charge < -0.3 is 10.1 Å². The van der Waals surface area contributed by atoms with E-state index in [1.807, 2.05) is 25.1 Å². The van der Waals surface area contributed by atoms with Crippen LogP contribution in [0.4, 0.5) is 0 Å². The molecule has 4 heteroatoms. The first-order chi connectivity index (χ1) is 8.52. The van der Waals surface area contributed by atoms with Gasteiger partial charge in [0.25, 0.3) is 0 Å². The third-order valence-electron chi connectivity index (χ3n) is 2.25. The monoisotopic (exact) mass is 309 g/mol. The van der Waals surface area contributed by atoms with E-state index < -0.39 is 0 Å². The fourth-order valence-electron chi connectivity index (χ4n) is 1.39. The molecule has 0 saturated carbocycles. The van der Waals surface area contributed by atoms with E-state index in [2.05, 4.69) is 27.8 Å². The van der Waals surface area contributed by atoms with Crippen molar-refractivity contribution in [2.24, 2.45) is 0 Å². The van der Waals surface area contributed by atoms with Gasteiger partial charge >= 0.3 is 0 Å². The summed E-state index contributed by atoms with van der Waals surface area (Å²) in [6, 6.07) is 5.81. The van der Waals surface area contributed by atoms with E-state index >= 15 is 0 Å². The average molecular weight is 310 g/mol. The topological polar surface area (TPSA) is 38.3 Å². The minimum Gasteiger partial charge on any atom is -0.496 e. The number of rotatable bonds is 5. The summed E-state index contributed by atoms with van der Waals surface area (Å²) in [7, 11) is 1.61. The maximum atomic E-state index is 11.5. The van der Waals surface area contributed by atoms with E-state index in [9.17, 15) is 4.79 Å². The molecule has 0 aliphatic heterocycles. The van der Waals surface area contributed by atoms with E-state index in [4.69, 9.17) is 4.74 Å². The van der Waals surface area contributed by atoms with E-state index in [1.165, 1.54) is 6.08 Å². The van der Waals surface area contributed by atoms with Crippen LogP contribution in [0.25, 0.3) is 6.08 Å². The number of carbonyl (C=O) groups excluding carboxylic acids is 1. The Morgan fingerprint density at radius 1 is 1.56 bits per heavy atom. The third-order valence-corrected chi connectivity index (χ3v) is 2.53. The second kappa shape index (κ2) is 7.01. The smallest absolute Gasteiger partial charge is 0.244 e. The van der Waals surface area contributed by atoms with Gasteiger partial charge in [0.2, 0.25) is 5.91 Å². The summed E-state index contributed by atoms with van der Waals surface area (Å²) in [6.07, 6.45) is 3.21. The summed E-state index contributed by atoms with van der Waals surface area (Å²) in [5.74, 6) is 0.578. The normalized spacial score (nSPS) is 10.4. The highest BCUT2D eigenvalue weighted by molar-refractivity contribution is 9.11. The second-order valence-corrected chi connectivity index (χ2v) is 4.94. The van der Waals surface area contributed by atoms with Gasteiger partial charge in [0.05, 0.1) is 7.11 Å². The molecule has 0 saturated heterocycles. The van der Waals surface area contributed by atoms with Crippen LogP contribution < -0.4 is 10.1 Å². The Labute approximate surface area is 116 Å². The van der Waals surface area contributed by atoms with Gasteiger partial charge in [-0.1, -0.05) is 34.1 Å². The number of nitrogens with one attached hydrogen (secondary N) is 1. The van der Waals surface area contributed by atoms with Crippen molar-refractivity contribution >= 4 is 27.9 Å². The number of halogens is 1. The molecule has 0 atom stereocenters. The molecule has 1 aromatic carbocycles. The molecule has 0 unspecified atom stereocenters. The Bertz CT molecular complexity index is 481. The van der Waals surface area contributed by atoms with Crippen LogP contribution in [0.1, 0.15) is 11.1 Å². The van der Waals surface area contributed by atoms with Gasteiger partial charge in [-0.15, -0.1) is 0 Å². The largest absolute Gasteiger partial charge is 0.496 e. The number of aryl methyl sites for hydroxylation is 1. The van der Waals surface area contributed by atoms with Crippen LogP contribution in [0.5, 0.6) is 5.75 Å². The summed E-state index contributed by atoms with van der Waals surface area (Å²) in [5.41, 5.74) is 2.00. The molecule has 0 aliphatic rings. The van der Waals surface area contributed by atoms with Crippen LogP contribution in [0.2, 0.25) is 0 Å². The lowest BCUT2D eigenvalue weighted by molar-refractivity contribution is -0.116. The predicted octanol–water partition coefficient (Wildman–Crippen LogP) is 3.04. The number of hydrogen-bond donors (Lipinski definition) is 1. The number of benzene rings is 1. The van der Waals surface area contributed by atoms with Gasteiger partial charge in [0.1, 0.15) is 5.75 Å². The zero-order valence-corrected chi connectivity index (χ0v) is 12.1. The minimum atomic E-state index is -0.167. The number of methoxy groups -OCH3 is 1.